The van der Waals surface area contributed by atoms with Crippen molar-refractivity contribution >= 4 is 22.9 Å². The summed E-state index contributed by atoms with van der Waals surface area (Å²) in [6.07, 6.45) is 4.22. The first-order valence-electron chi connectivity index (χ1n) is 5.23. The molecule has 0 saturated heterocycles. The standard InChI is InChI=1S/C11H16ClNS/c1-8(9-3-2-4-9)13-7-10-5-6-11(12)14-10/h5-6,8-9,13H,2-4,7H2,1H3. The molecule has 1 N–H and O–H groups in total. The molecule has 1 aliphatic carbocycles. The van der Waals surface area contributed by atoms with Crippen molar-refractivity contribution in [2.45, 2.75) is 38.8 Å². The van der Waals surface area contributed by atoms with Crippen molar-refractivity contribution in [3.05, 3.63) is 21.3 Å². The maximum atomic E-state index is 5.87. The predicted octanol–water partition coefficient (Wildman–Crippen LogP) is 3.68. The second kappa shape index (κ2) is 4.65. The second-order valence-corrected chi connectivity index (χ2v) is 5.87. The minimum absolute atomic E-state index is 0.657. The van der Waals surface area contributed by atoms with Crippen LogP contribution in [-0.2, 0) is 6.54 Å². The topological polar surface area (TPSA) is 12.0 Å². The van der Waals surface area contributed by atoms with E-state index in [2.05, 4.69) is 18.3 Å². The van der Waals surface area contributed by atoms with Crippen molar-refractivity contribution in [3.8, 4) is 0 Å². The fraction of sp³-hybridized carbons (Fsp3) is 0.636. The van der Waals surface area contributed by atoms with Crippen LogP contribution in [0.3, 0.4) is 0 Å². The van der Waals surface area contributed by atoms with Gasteiger partial charge >= 0.3 is 0 Å². The fourth-order valence-corrected chi connectivity index (χ4v) is 2.85. The van der Waals surface area contributed by atoms with Gasteiger partial charge in [0, 0.05) is 17.5 Å². The third-order valence-electron chi connectivity index (χ3n) is 3.08. The predicted molar refractivity (Wildman–Crippen MR) is 63.0 cm³/mol. The summed E-state index contributed by atoms with van der Waals surface area (Å²) in [5, 5.41) is 3.57. The smallest absolute Gasteiger partial charge is 0.0931 e. The van der Waals surface area contributed by atoms with Gasteiger partial charge in [0.25, 0.3) is 0 Å². The molecule has 1 aromatic heterocycles. The van der Waals surface area contributed by atoms with E-state index in [1.54, 1.807) is 11.3 Å². The lowest BCUT2D eigenvalue weighted by Gasteiger charge is -2.31. The molecule has 78 valence electrons. The molecule has 1 saturated carbocycles. The Morgan fingerprint density at radius 3 is 2.86 bits per heavy atom. The Kier molecular flexibility index (Phi) is 3.47. The number of thiophene rings is 1. The highest BCUT2D eigenvalue weighted by Crippen LogP contribution is 2.29. The van der Waals surface area contributed by atoms with Crippen LogP contribution in [-0.4, -0.2) is 6.04 Å². The molecule has 0 bridgehead atoms. The first-order chi connectivity index (χ1) is 6.75. The highest BCUT2D eigenvalue weighted by atomic mass is 35.5. The molecule has 0 spiro atoms. The summed E-state index contributed by atoms with van der Waals surface area (Å²) in [5.74, 6) is 0.908. The van der Waals surface area contributed by atoms with E-state index < -0.39 is 0 Å². The first kappa shape index (κ1) is 10.5. The summed E-state index contributed by atoms with van der Waals surface area (Å²) >= 11 is 7.54. The lowest BCUT2D eigenvalue weighted by atomic mass is 9.80. The average molecular weight is 230 g/mol. The van der Waals surface area contributed by atoms with Gasteiger partial charge in [0.05, 0.1) is 4.34 Å². The van der Waals surface area contributed by atoms with E-state index in [0.29, 0.717) is 6.04 Å². The van der Waals surface area contributed by atoms with Crippen LogP contribution in [0.15, 0.2) is 12.1 Å². The van der Waals surface area contributed by atoms with E-state index in [0.717, 1.165) is 16.8 Å². The van der Waals surface area contributed by atoms with Gasteiger partial charge in [0.15, 0.2) is 0 Å². The van der Waals surface area contributed by atoms with Crippen LogP contribution in [0.4, 0.5) is 0 Å². The van der Waals surface area contributed by atoms with Gasteiger partial charge < -0.3 is 5.32 Å². The van der Waals surface area contributed by atoms with E-state index in [1.165, 1.54) is 24.1 Å². The maximum absolute atomic E-state index is 5.87. The Labute approximate surface area is 94.5 Å². The SMILES string of the molecule is CC(NCc1ccc(Cl)s1)C1CCC1. The van der Waals surface area contributed by atoms with Crippen molar-refractivity contribution in [1.82, 2.24) is 5.32 Å². The summed E-state index contributed by atoms with van der Waals surface area (Å²) in [6, 6.07) is 4.73. The third kappa shape index (κ3) is 2.50. The van der Waals surface area contributed by atoms with Crippen molar-refractivity contribution in [2.75, 3.05) is 0 Å². The zero-order chi connectivity index (χ0) is 9.97. The second-order valence-electron chi connectivity index (χ2n) is 4.07. The minimum Gasteiger partial charge on any atom is -0.309 e. The molecular weight excluding hydrogens is 214 g/mol. The molecule has 1 atom stereocenters. The molecule has 1 nitrogen and oxygen atoms in total. The third-order valence-corrected chi connectivity index (χ3v) is 4.32. The van der Waals surface area contributed by atoms with Crippen molar-refractivity contribution in [1.29, 1.82) is 0 Å². The van der Waals surface area contributed by atoms with Crippen LogP contribution in [0.2, 0.25) is 4.34 Å². The largest absolute Gasteiger partial charge is 0.309 e. The molecule has 2 rings (SSSR count). The van der Waals surface area contributed by atoms with Crippen LogP contribution in [0.5, 0.6) is 0 Å². The molecule has 1 aliphatic rings. The Morgan fingerprint density at radius 2 is 2.36 bits per heavy atom. The number of rotatable bonds is 4. The summed E-state index contributed by atoms with van der Waals surface area (Å²) < 4.78 is 0.887. The molecule has 1 heterocycles. The van der Waals surface area contributed by atoms with E-state index in [4.69, 9.17) is 11.6 Å². The number of hydrogen-bond acceptors (Lipinski definition) is 2. The van der Waals surface area contributed by atoms with E-state index in [1.807, 2.05) is 6.07 Å². The summed E-state index contributed by atoms with van der Waals surface area (Å²) in [7, 11) is 0. The zero-order valence-electron chi connectivity index (χ0n) is 8.42. The monoisotopic (exact) mass is 229 g/mol. The van der Waals surface area contributed by atoms with Gasteiger partial charge in [-0.25, -0.2) is 0 Å². The zero-order valence-corrected chi connectivity index (χ0v) is 10.00. The molecule has 14 heavy (non-hydrogen) atoms. The lowest BCUT2D eigenvalue weighted by Crippen LogP contribution is -2.36. The summed E-state index contributed by atoms with van der Waals surface area (Å²) in [6.45, 7) is 3.26. The molecule has 1 unspecified atom stereocenters. The van der Waals surface area contributed by atoms with Crippen LogP contribution in [0, 0.1) is 5.92 Å². The Hall–Kier alpha value is -0.0500. The molecule has 0 aliphatic heterocycles. The van der Waals surface area contributed by atoms with Gasteiger partial charge in [-0.2, -0.15) is 0 Å². The van der Waals surface area contributed by atoms with E-state index in [9.17, 15) is 0 Å². The molecule has 3 heteroatoms. The Bertz CT molecular complexity index is 293. The van der Waals surface area contributed by atoms with Gasteiger partial charge in [0.2, 0.25) is 0 Å². The lowest BCUT2D eigenvalue weighted by molar-refractivity contribution is 0.240. The van der Waals surface area contributed by atoms with Crippen LogP contribution >= 0.6 is 22.9 Å². The van der Waals surface area contributed by atoms with Crippen molar-refractivity contribution in [3.63, 3.8) is 0 Å². The van der Waals surface area contributed by atoms with Crippen LogP contribution in [0.25, 0.3) is 0 Å². The van der Waals surface area contributed by atoms with Gasteiger partial charge in [-0.15, -0.1) is 11.3 Å². The maximum Gasteiger partial charge on any atom is 0.0931 e. The van der Waals surface area contributed by atoms with Crippen LogP contribution in [0.1, 0.15) is 31.1 Å². The van der Waals surface area contributed by atoms with Gasteiger partial charge in [0.1, 0.15) is 0 Å². The highest BCUT2D eigenvalue weighted by molar-refractivity contribution is 7.16. The number of nitrogens with one attached hydrogen (secondary N) is 1. The Balaban J connectivity index is 1.76. The fourth-order valence-electron chi connectivity index (χ4n) is 1.81. The van der Waals surface area contributed by atoms with E-state index in [-0.39, 0.29) is 0 Å². The minimum atomic E-state index is 0.657. The van der Waals surface area contributed by atoms with Crippen molar-refractivity contribution < 1.29 is 0 Å². The normalized spacial score (nSPS) is 19.3. The molecule has 0 amide bonds. The van der Waals surface area contributed by atoms with Crippen LogP contribution < -0.4 is 5.32 Å². The highest BCUT2D eigenvalue weighted by Gasteiger charge is 2.23. The average Bonchev–Trinajstić information content (AvgIpc) is 2.45. The number of halogens is 1. The molecule has 0 radical (unpaired) electrons. The molecule has 1 aromatic rings. The quantitative estimate of drug-likeness (QED) is 0.831. The molecule has 0 aromatic carbocycles. The van der Waals surface area contributed by atoms with Gasteiger partial charge in [-0.1, -0.05) is 18.0 Å². The van der Waals surface area contributed by atoms with Crippen molar-refractivity contribution in [2.24, 2.45) is 5.92 Å². The number of hydrogen-bond donors (Lipinski definition) is 1. The van der Waals surface area contributed by atoms with E-state index >= 15 is 0 Å². The summed E-state index contributed by atoms with van der Waals surface area (Å²) in [4.78, 5) is 1.33. The van der Waals surface area contributed by atoms with Gasteiger partial charge in [-0.3, -0.25) is 0 Å². The Morgan fingerprint density at radius 1 is 1.57 bits per heavy atom. The van der Waals surface area contributed by atoms with Gasteiger partial charge in [-0.05, 0) is 37.8 Å². The summed E-state index contributed by atoms with van der Waals surface area (Å²) in [5.41, 5.74) is 0. The molecular formula is C11H16ClNS. The molecule has 1 fully saturated rings. The first-order valence-corrected chi connectivity index (χ1v) is 6.43.